The van der Waals surface area contributed by atoms with Gasteiger partial charge in [-0.3, -0.25) is 0 Å². The van der Waals surface area contributed by atoms with Crippen molar-refractivity contribution in [2.45, 2.75) is 39.2 Å². The Morgan fingerprint density at radius 3 is 2.60 bits per heavy atom. The summed E-state index contributed by atoms with van der Waals surface area (Å²) < 4.78 is 0. The fourth-order valence-corrected chi connectivity index (χ4v) is 2.71. The Labute approximate surface area is 121 Å². The van der Waals surface area contributed by atoms with Gasteiger partial charge in [0.05, 0.1) is 0 Å². The molecule has 1 aliphatic heterocycles. The Balaban J connectivity index is 2.10. The van der Waals surface area contributed by atoms with Crippen LogP contribution in [0.2, 0.25) is 0 Å². The van der Waals surface area contributed by atoms with E-state index in [1.54, 1.807) is 0 Å². The number of nitrogen functional groups attached to an aromatic ring is 1. The van der Waals surface area contributed by atoms with Gasteiger partial charge in [0.1, 0.15) is 17.5 Å². The van der Waals surface area contributed by atoms with Gasteiger partial charge in [0.25, 0.3) is 0 Å². The van der Waals surface area contributed by atoms with E-state index in [-0.39, 0.29) is 0 Å². The maximum absolute atomic E-state index is 5.49. The molecule has 2 heterocycles. The number of nitrogens with zero attached hydrogens (tertiary/aromatic N) is 4. The smallest absolute Gasteiger partial charge is 0.145 e. The van der Waals surface area contributed by atoms with Gasteiger partial charge in [0, 0.05) is 38.7 Å². The minimum absolute atomic E-state index is 0.544. The molecule has 6 nitrogen and oxygen atoms in total. The van der Waals surface area contributed by atoms with Crippen LogP contribution in [0, 0.1) is 0 Å². The van der Waals surface area contributed by atoms with Crippen LogP contribution in [-0.2, 0) is 6.42 Å². The zero-order chi connectivity index (χ0) is 14.5. The molecule has 0 aromatic carbocycles. The third-order valence-corrected chi connectivity index (χ3v) is 4.14. The first-order chi connectivity index (χ1) is 9.67. The highest BCUT2D eigenvalue weighted by Crippen LogP contribution is 2.22. The normalized spacial score (nSPS) is 17.2. The largest absolute Gasteiger partial charge is 0.356 e. The third-order valence-electron chi connectivity index (χ3n) is 4.14. The van der Waals surface area contributed by atoms with Crippen molar-refractivity contribution in [2.24, 2.45) is 5.84 Å². The number of hydrogen-bond donors (Lipinski definition) is 2. The molecule has 6 heteroatoms. The topological polar surface area (TPSA) is 70.3 Å². The lowest BCUT2D eigenvalue weighted by Crippen LogP contribution is -2.43. The zero-order valence-corrected chi connectivity index (χ0v) is 12.8. The van der Waals surface area contributed by atoms with Crippen molar-refractivity contribution in [1.82, 2.24) is 14.9 Å². The van der Waals surface area contributed by atoms with Gasteiger partial charge in [-0.25, -0.2) is 15.8 Å². The summed E-state index contributed by atoms with van der Waals surface area (Å²) in [5.74, 6) is 7.96. The summed E-state index contributed by atoms with van der Waals surface area (Å²) in [5, 5.41) is 0. The highest BCUT2D eigenvalue weighted by Gasteiger charge is 2.23. The number of hydrogen-bond acceptors (Lipinski definition) is 6. The molecule has 0 spiro atoms. The van der Waals surface area contributed by atoms with Crippen molar-refractivity contribution < 1.29 is 0 Å². The van der Waals surface area contributed by atoms with Crippen LogP contribution in [0.25, 0.3) is 0 Å². The molecule has 0 amide bonds. The lowest BCUT2D eigenvalue weighted by molar-refractivity contribution is 0.220. The highest BCUT2D eigenvalue weighted by molar-refractivity contribution is 5.49. The SMILES string of the molecule is CCc1nc(NN)cc(N(C)C2CCN(CC)CC2)n1. The van der Waals surface area contributed by atoms with Gasteiger partial charge in [-0.2, -0.15) is 0 Å². The minimum Gasteiger partial charge on any atom is -0.356 e. The Morgan fingerprint density at radius 2 is 2.05 bits per heavy atom. The molecule has 0 aliphatic carbocycles. The van der Waals surface area contributed by atoms with E-state index in [4.69, 9.17) is 5.84 Å². The Morgan fingerprint density at radius 1 is 1.35 bits per heavy atom. The monoisotopic (exact) mass is 278 g/mol. The first kappa shape index (κ1) is 15.0. The van der Waals surface area contributed by atoms with Crippen LogP contribution in [-0.4, -0.2) is 47.6 Å². The first-order valence-corrected chi connectivity index (χ1v) is 7.47. The third kappa shape index (κ3) is 3.37. The number of piperidine rings is 1. The maximum Gasteiger partial charge on any atom is 0.145 e. The zero-order valence-electron chi connectivity index (χ0n) is 12.8. The lowest BCUT2D eigenvalue weighted by atomic mass is 10.0. The molecule has 0 unspecified atom stereocenters. The number of likely N-dealkylation sites (tertiary alicyclic amines) is 1. The van der Waals surface area contributed by atoms with Gasteiger partial charge in [-0.05, 0) is 19.4 Å². The van der Waals surface area contributed by atoms with Crippen LogP contribution in [0.15, 0.2) is 6.07 Å². The number of anilines is 2. The van der Waals surface area contributed by atoms with E-state index in [1.807, 2.05) is 6.07 Å². The van der Waals surface area contributed by atoms with Crippen molar-refractivity contribution in [3.05, 3.63) is 11.9 Å². The van der Waals surface area contributed by atoms with Gasteiger partial charge in [-0.1, -0.05) is 13.8 Å². The molecule has 1 aromatic rings. The number of aromatic nitrogens is 2. The summed E-state index contributed by atoms with van der Waals surface area (Å²) in [4.78, 5) is 13.7. The summed E-state index contributed by atoms with van der Waals surface area (Å²) in [7, 11) is 2.12. The molecule has 1 aliphatic rings. The summed E-state index contributed by atoms with van der Waals surface area (Å²) >= 11 is 0. The van der Waals surface area contributed by atoms with Crippen LogP contribution in [0.5, 0.6) is 0 Å². The van der Waals surface area contributed by atoms with E-state index in [2.05, 4.69) is 46.1 Å². The summed E-state index contributed by atoms with van der Waals surface area (Å²) in [6, 6.07) is 2.47. The van der Waals surface area contributed by atoms with E-state index in [9.17, 15) is 0 Å². The van der Waals surface area contributed by atoms with E-state index in [0.29, 0.717) is 11.9 Å². The molecule has 3 N–H and O–H groups in total. The molecule has 0 atom stereocenters. The van der Waals surface area contributed by atoms with Gasteiger partial charge in [0.15, 0.2) is 0 Å². The van der Waals surface area contributed by atoms with E-state index in [0.717, 1.165) is 24.6 Å². The van der Waals surface area contributed by atoms with Crippen LogP contribution in [0.4, 0.5) is 11.6 Å². The molecule has 1 saturated heterocycles. The van der Waals surface area contributed by atoms with Crippen molar-refractivity contribution in [3.8, 4) is 0 Å². The van der Waals surface area contributed by atoms with E-state index >= 15 is 0 Å². The molecule has 2 rings (SSSR count). The Hall–Kier alpha value is -1.40. The first-order valence-electron chi connectivity index (χ1n) is 7.47. The second kappa shape index (κ2) is 6.85. The van der Waals surface area contributed by atoms with Crippen molar-refractivity contribution in [1.29, 1.82) is 0 Å². The van der Waals surface area contributed by atoms with Gasteiger partial charge < -0.3 is 15.2 Å². The lowest BCUT2D eigenvalue weighted by Gasteiger charge is -2.37. The maximum atomic E-state index is 5.49. The average Bonchev–Trinajstić information content (AvgIpc) is 2.53. The highest BCUT2D eigenvalue weighted by atomic mass is 15.3. The standard InChI is InChI=1S/C14H26N6/c1-4-12-16-13(18-15)10-14(17-12)19(3)11-6-8-20(5-2)9-7-11/h10-11H,4-9,15H2,1-3H3,(H,16,17,18). The van der Waals surface area contributed by atoms with Crippen molar-refractivity contribution in [3.63, 3.8) is 0 Å². The number of hydrazine groups is 1. The fraction of sp³-hybridized carbons (Fsp3) is 0.714. The van der Waals surface area contributed by atoms with E-state index < -0.39 is 0 Å². The predicted molar refractivity (Wildman–Crippen MR) is 82.8 cm³/mol. The molecule has 20 heavy (non-hydrogen) atoms. The molecule has 0 bridgehead atoms. The van der Waals surface area contributed by atoms with Crippen molar-refractivity contribution >= 4 is 11.6 Å². The molecule has 112 valence electrons. The van der Waals surface area contributed by atoms with Crippen LogP contribution in [0.1, 0.15) is 32.5 Å². The Bertz CT molecular complexity index is 405. The minimum atomic E-state index is 0.544. The number of nitrogens with one attached hydrogen (secondary N) is 1. The fourth-order valence-electron chi connectivity index (χ4n) is 2.71. The van der Waals surface area contributed by atoms with E-state index in [1.165, 1.54) is 25.9 Å². The molecular formula is C14H26N6. The Kier molecular flexibility index (Phi) is 5.14. The second-order valence-electron chi connectivity index (χ2n) is 5.30. The predicted octanol–water partition coefficient (Wildman–Crippen LogP) is 1.25. The number of rotatable bonds is 5. The van der Waals surface area contributed by atoms with Crippen LogP contribution < -0.4 is 16.2 Å². The molecule has 0 saturated carbocycles. The second-order valence-corrected chi connectivity index (χ2v) is 5.30. The van der Waals surface area contributed by atoms with Crippen LogP contribution >= 0.6 is 0 Å². The summed E-state index contributed by atoms with van der Waals surface area (Å²) in [6.45, 7) is 7.75. The van der Waals surface area contributed by atoms with Gasteiger partial charge >= 0.3 is 0 Å². The number of nitrogens with two attached hydrogens (primary N) is 1. The number of aryl methyl sites for hydroxylation is 1. The summed E-state index contributed by atoms with van der Waals surface area (Å²) in [6.07, 6.45) is 3.17. The van der Waals surface area contributed by atoms with Gasteiger partial charge in [-0.15, -0.1) is 0 Å². The van der Waals surface area contributed by atoms with Crippen molar-refractivity contribution in [2.75, 3.05) is 37.0 Å². The van der Waals surface area contributed by atoms with Gasteiger partial charge in [0.2, 0.25) is 0 Å². The average molecular weight is 278 g/mol. The summed E-state index contributed by atoms with van der Waals surface area (Å²) in [5.41, 5.74) is 2.63. The molecule has 1 aromatic heterocycles. The quantitative estimate of drug-likeness (QED) is 0.624. The molecule has 1 fully saturated rings. The molecular weight excluding hydrogens is 252 g/mol. The van der Waals surface area contributed by atoms with Crippen LogP contribution in [0.3, 0.4) is 0 Å². The molecule has 0 radical (unpaired) electrons.